The Morgan fingerprint density at radius 3 is 1.84 bits per heavy atom. The molecular formula is C17H16O2. The maximum atomic E-state index is 11.3. The molecule has 0 spiro atoms. The zero-order chi connectivity index (χ0) is 13.7. The van der Waals surface area contributed by atoms with E-state index in [4.69, 9.17) is 0 Å². The summed E-state index contributed by atoms with van der Waals surface area (Å²) in [6.07, 6.45) is 4.07. The monoisotopic (exact) mass is 252 g/mol. The Balaban J connectivity index is 2.11. The molecule has 0 atom stereocenters. The van der Waals surface area contributed by atoms with E-state index >= 15 is 0 Å². The van der Waals surface area contributed by atoms with Crippen molar-refractivity contribution in [2.75, 3.05) is 7.11 Å². The van der Waals surface area contributed by atoms with Gasteiger partial charge in [0.1, 0.15) is 0 Å². The first-order chi connectivity index (χ1) is 9.19. The van der Waals surface area contributed by atoms with Gasteiger partial charge >= 0.3 is 5.97 Å². The molecule has 0 saturated carbocycles. The standard InChI is InChI=1S/C17H16O2/c1-13-3-5-14(6-4-13)7-8-15-9-11-16(12-10-15)17(18)19-2/h3-12H,1-2H3. The largest absolute Gasteiger partial charge is 0.465 e. The molecule has 0 fully saturated rings. The molecule has 2 nitrogen and oxygen atoms in total. The Bertz CT molecular complexity index is 578. The quantitative estimate of drug-likeness (QED) is 0.610. The molecule has 0 aromatic heterocycles. The van der Waals surface area contributed by atoms with E-state index in [1.54, 1.807) is 12.1 Å². The van der Waals surface area contributed by atoms with Crippen molar-refractivity contribution in [1.29, 1.82) is 0 Å². The van der Waals surface area contributed by atoms with Crippen LogP contribution in [-0.2, 0) is 4.74 Å². The summed E-state index contributed by atoms with van der Waals surface area (Å²) < 4.78 is 4.66. The smallest absolute Gasteiger partial charge is 0.337 e. The van der Waals surface area contributed by atoms with Crippen LogP contribution >= 0.6 is 0 Å². The highest BCUT2D eigenvalue weighted by molar-refractivity contribution is 5.89. The van der Waals surface area contributed by atoms with Crippen LogP contribution in [0.5, 0.6) is 0 Å². The highest BCUT2D eigenvalue weighted by Gasteiger charge is 2.02. The third-order valence-corrected chi connectivity index (χ3v) is 2.88. The Hall–Kier alpha value is -2.35. The minimum Gasteiger partial charge on any atom is -0.465 e. The number of benzene rings is 2. The number of hydrogen-bond acceptors (Lipinski definition) is 2. The molecule has 2 aromatic carbocycles. The van der Waals surface area contributed by atoms with E-state index in [-0.39, 0.29) is 5.97 Å². The summed E-state index contributed by atoms with van der Waals surface area (Å²) in [6.45, 7) is 2.07. The van der Waals surface area contributed by atoms with Crippen LogP contribution in [-0.4, -0.2) is 13.1 Å². The van der Waals surface area contributed by atoms with E-state index in [0.29, 0.717) is 5.56 Å². The summed E-state index contributed by atoms with van der Waals surface area (Å²) in [7, 11) is 1.38. The van der Waals surface area contributed by atoms with Gasteiger partial charge in [0.25, 0.3) is 0 Å². The lowest BCUT2D eigenvalue weighted by Crippen LogP contribution is -2.00. The fourth-order valence-corrected chi connectivity index (χ4v) is 1.72. The average Bonchev–Trinajstić information content (AvgIpc) is 2.46. The molecule has 0 aliphatic rings. The van der Waals surface area contributed by atoms with Crippen molar-refractivity contribution in [2.45, 2.75) is 6.92 Å². The molecule has 0 N–H and O–H groups in total. The van der Waals surface area contributed by atoms with Crippen LogP contribution in [0.15, 0.2) is 48.5 Å². The summed E-state index contributed by atoms with van der Waals surface area (Å²) in [6, 6.07) is 15.7. The van der Waals surface area contributed by atoms with E-state index in [1.807, 2.05) is 24.3 Å². The summed E-state index contributed by atoms with van der Waals surface area (Å²) in [5.74, 6) is -0.311. The first kappa shape index (κ1) is 13.1. The molecule has 0 unspecified atom stereocenters. The zero-order valence-electron chi connectivity index (χ0n) is 11.1. The van der Waals surface area contributed by atoms with Gasteiger partial charge in [-0.05, 0) is 30.2 Å². The van der Waals surface area contributed by atoms with Crippen LogP contribution in [0, 0.1) is 6.92 Å². The minimum atomic E-state index is -0.311. The topological polar surface area (TPSA) is 26.3 Å². The molecule has 0 radical (unpaired) electrons. The van der Waals surface area contributed by atoms with Crippen molar-refractivity contribution in [3.05, 3.63) is 70.8 Å². The summed E-state index contributed by atoms with van der Waals surface area (Å²) in [4.78, 5) is 11.3. The van der Waals surface area contributed by atoms with Crippen molar-refractivity contribution in [3.8, 4) is 0 Å². The second kappa shape index (κ2) is 6.01. The van der Waals surface area contributed by atoms with Crippen LogP contribution in [0.4, 0.5) is 0 Å². The molecule has 96 valence electrons. The number of hydrogen-bond donors (Lipinski definition) is 0. The van der Waals surface area contributed by atoms with Gasteiger partial charge in [-0.2, -0.15) is 0 Å². The number of esters is 1. The van der Waals surface area contributed by atoms with E-state index in [9.17, 15) is 4.79 Å². The molecule has 2 aromatic rings. The number of carbonyl (C=O) groups is 1. The molecule has 0 bridgehead atoms. The Kier molecular flexibility index (Phi) is 4.14. The van der Waals surface area contributed by atoms with Gasteiger partial charge < -0.3 is 4.74 Å². The van der Waals surface area contributed by atoms with Gasteiger partial charge in [-0.1, -0.05) is 54.1 Å². The summed E-state index contributed by atoms with van der Waals surface area (Å²) in [5.41, 5.74) is 4.02. The van der Waals surface area contributed by atoms with Gasteiger partial charge in [-0.25, -0.2) is 4.79 Å². The number of rotatable bonds is 3. The van der Waals surface area contributed by atoms with Crippen molar-refractivity contribution in [3.63, 3.8) is 0 Å². The Morgan fingerprint density at radius 2 is 1.37 bits per heavy atom. The molecule has 2 rings (SSSR count). The van der Waals surface area contributed by atoms with Gasteiger partial charge in [-0.3, -0.25) is 0 Å². The lowest BCUT2D eigenvalue weighted by molar-refractivity contribution is 0.0601. The number of ether oxygens (including phenoxy) is 1. The van der Waals surface area contributed by atoms with E-state index in [1.165, 1.54) is 12.7 Å². The maximum absolute atomic E-state index is 11.3. The fraction of sp³-hybridized carbons (Fsp3) is 0.118. The van der Waals surface area contributed by atoms with Crippen molar-refractivity contribution >= 4 is 18.1 Å². The molecule has 0 amide bonds. The van der Waals surface area contributed by atoms with Gasteiger partial charge in [0.2, 0.25) is 0 Å². The van der Waals surface area contributed by atoms with Crippen LogP contribution < -0.4 is 0 Å². The van der Waals surface area contributed by atoms with Crippen molar-refractivity contribution < 1.29 is 9.53 Å². The highest BCUT2D eigenvalue weighted by atomic mass is 16.5. The molecule has 19 heavy (non-hydrogen) atoms. The Labute approximate surface area is 113 Å². The molecule has 0 aliphatic carbocycles. The third kappa shape index (κ3) is 3.55. The van der Waals surface area contributed by atoms with E-state index in [0.717, 1.165) is 11.1 Å². The number of methoxy groups -OCH3 is 1. The molecule has 2 heteroatoms. The molecule has 0 heterocycles. The summed E-state index contributed by atoms with van der Waals surface area (Å²) in [5, 5.41) is 0. The lowest BCUT2D eigenvalue weighted by Gasteiger charge is -1.99. The zero-order valence-corrected chi connectivity index (χ0v) is 11.1. The predicted octanol–water partition coefficient (Wildman–Crippen LogP) is 3.95. The minimum absolute atomic E-state index is 0.311. The fourth-order valence-electron chi connectivity index (χ4n) is 1.72. The third-order valence-electron chi connectivity index (χ3n) is 2.88. The molecule has 0 aliphatic heterocycles. The highest BCUT2D eigenvalue weighted by Crippen LogP contribution is 2.11. The SMILES string of the molecule is COC(=O)c1ccc(C=Cc2ccc(C)cc2)cc1. The average molecular weight is 252 g/mol. The number of carbonyl (C=O) groups excluding carboxylic acids is 1. The second-order valence-corrected chi connectivity index (χ2v) is 4.36. The molecular weight excluding hydrogens is 236 g/mol. The molecule has 0 saturated heterocycles. The van der Waals surface area contributed by atoms with Crippen molar-refractivity contribution in [1.82, 2.24) is 0 Å². The van der Waals surface area contributed by atoms with E-state index in [2.05, 4.69) is 35.9 Å². The Morgan fingerprint density at radius 1 is 0.895 bits per heavy atom. The van der Waals surface area contributed by atoms with Gasteiger partial charge in [-0.15, -0.1) is 0 Å². The number of aryl methyl sites for hydroxylation is 1. The normalized spacial score (nSPS) is 10.6. The predicted molar refractivity (Wildman–Crippen MR) is 77.9 cm³/mol. The van der Waals surface area contributed by atoms with Crippen LogP contribution in [0.3, 0.4) is 0 Å². The maximum Gasteiger partial charge on any atom is 0.337 e. The van der Waals surface area contributed by atoms with Crippen LogP contribution in [0.1, 0.15) is 27.0 Å². The van der Waals surface area contributed by atoms with Crippen LogP contribution in [0.2, 0.25) is 0 Å². The first-order valence-corrected chi connectivity index (χ1v) is 6.12. The lowest BCUT2D eigenvalue weighted by atomic mass is 10.1. The summed E-state index contributed by atoms with van der Waals surface area (Å²) >= 11 is 0. The first-order valence-electron chi connectivity index (χ1n) is 6.12. The van der Waals surface area contributed by atoms with Crippen LogP contribution in [0.25, 0.3) is 12.2 Å². The second-order valence-electron chi connectivity index (χ2n) is 4.36. The van der Waals surface area contributed by atoms with Gasteiger partial charge in [0, 0.05) is 0 Å². The van der Waals surface area contributed by atoms with Crippen molar-refractivity contribution in [2.24, 2.45) is 0 Å². The van der Waals surface area contributed by atoms with Gasteiger partial charge in [0.15, 0.2) is 0 Å². The van der Waals surface area contributed by atoms with Gasteiger partial charge in [0.05, 0.1) is 12.7 Å². The van der Waals surface area contributed by atoms with E-state index < -0.39 is 0 Å².